The van der Waals surface area contributed by atoms with Gasteiger partial charge in [0.1, 0.15) is 5.75 Å². The maximum atomic E-state index is 11.9. The van der Waals surface area contributed by atoms with E-state index in [0.29, 0.717) is 12.3 Å². The second kappa shape index (κ2) is 7.86. The molecule has 0 radical (unpaired) electrons. The largest absolute Gasteiger partial charge is 0.484 e. The lowest BCUT2D eigenvalue weighted by Crippen LogP contribution is -2.42. The third-order valence-electron chi connectivity index (χ3n) is 3.48. The second-order valence-electron chi connectivity index (χ2n) is 4.89. The highest BCUT2D eigenvalue weighted by Crippen LogP contribution is 2.20. The topological polar surface area (TPSA) is 55.6 Å². The van der Waals surface area contributed by atoms with Crippen LogP contribution in [-0.2, 0) is 4.79 Å². The molecular weight excluding hydrogens is 288 g/mol. The molecule has 2 N–H and O–H groups in total. The number of likely N-dealkylation sites (N-methyl/N-ethyl adjacent to an activating group) is 1. The first-order valence-electron chi connectivity index (χ1n) is 6.69. The number of hydrogen-bond donors (Lipinski definition) is 1. The standard InChI is InChI=1S/C16H20N2O2.ClH/c1-12(10-17)18(2)16(19)11-20-15-8-7-13-5-3-4-6-14(13)9-15;/h3-9,12H,10-11,17H2,1-2H3;1H. The molecule has 1 amide bonds. The fourth-order valence-corrected chi connectivity index (χ4v) is 1.91. The average molecular weight is 309 g/mol. The quantitative estimate of drug-likeness (QED) is 0.923. The normalized spacial score (nSPS) is 11.6. The number of nitrogens with two attached hydrogens (primary N) is 1. The van der Waals surface area contributed by atoms with Crippen molar-refractivity contribution < 1.29 is 9.53 Å². The van der Waals surface area contributed by atoms with Gasteiger partial charge in [0.25, 0.3) is 5.91 Å². The van der Waals surface area contributed by atoms with Gasteiger partial charge in [-0.05, 0) is 29.8 Å². The van der Waals surface area contributed by atoms with Gasteiger partial charge in [-0.2, -0.15) is 0 Å². The van der Waals surface area contributed by atoms with Gasteiger partial charge in [0.2, 0.25) is 0 Å². The first-order chi connectivity index (χ1) is 9.61. The molecule has 0 aliphatic heterocycles. The molecule has 114 valence electrons. The van der Waals surface area contributed by atoms with Crippen molar-refractivity contribution in [3.63, 3.8) is 0 Å². The minimum Gasteiger partial charge on any atom is -0.484 e. The van der Waals surface area contributed by atoms with Crippen molar-refractivity contribution in [1.82, 2.24) is 4.90 Å². The van der Waals surface area contributed by atoms with Gasteiger partial charge in [-0.1, -0.05) is 30.3 Å². The molecule has 2 aromatic carbocycles. The Hall–Kier alpha value is -1.78. The molecule has 2 aromatic rings. The third-order valence-corrected chi connectivity index (χ3v) is 3.48. The van der Waals surface area contributed by atoms with Crippen molar-refractivity contribution in [2.45, 2.75) is 13.0 Å². The summed E-state index contributed by atoms with van der Waals surface area (Å²) in [6.45, 7) is 2.38. The summed E-state index contributed by atoms with van der Waals surface area (Å²) < 4.78 is 5.56. The van der Waals surface area contributed by atoms with Crippen LogP contribution in [0.4, 0.5) is 0 Å². The van der Waals surface area contributed by atoms with Gasteiger partial charge in [-0.3, -0.25) is 4.79 Å². The predicted molar refractivity (Wildman–Crippen MR) is 88.0 cm³/mol. The molecule has 0 aromatic heterocycles. The maximum absolute atomic E-state index is 11.9. The molecule has 0 saturated carbocycles. The van der Waals surface area contributed by atoms with Crippen molar-refractivity contribution in [3.05, 3.63) is 42.5 Å². The Balaban J connectivity index is 0.00000220. The zero-order chi connectivity index (χ0) is 14.5. The molecule has 0 fully saturated rings. The van der Waals surface area contributed by atoms with E-state index in [1.165, 1.54) is 0 Å². The van der Waals surface area contributed by atoms with E-state index in [4.69, 9.17) is 10.5 Å². The van der Waals surface area contributed by atoms with Gasteiger partial charge in [0.15, 0.2) is 6.61 Å². The zero-order valence-corrected chi connectivity index (χ0v) is 13.1. The summed E-state index contributed by atoms with van der Waals surface area (Å²) in [4.78, 5) is 13.5. The van der Waals surface area contributed by atoms with E-state index in [9.17, 15) is 4.79 Å². The molecule has 5 heteroatoms. The van der Waals surface area contributed by atoms with Crippen LogP contribution >= 0.6 is 12.4 Å². The van der Waals surface area contributed by atoms with Gasteiger partial charge < -0.3 is 15.4 Å². The van der Waals surface area contributed by atoms with Gasteiger partial charge in [-0.25, -0.2) is 0 Å². The molecule has 0 spiro atoms. The first kappa shape index (κ1) is 17.3. The number of hydrogen-bond acceptors (Lipinski definition) is 3. The molecule has 1 atom stereocenters. The summed E-state index contributed by atoms with van der Waals surface area (Å²) in [5.41, 5.74) is 5.55. The molecule has 1 unspecified atom stereocenters. The van der Waals surface area contributed by atoms with Crippen LogP contribution in [0.15, 0.2) is 42.5 Å². The summed E-state index contributed by atoms with van der Waals surface area (Å²) >= 11 is 0. The second-order valence-corrected chi connectivity index (χ2v) is 4.89. The number of fused-ring (bicyclic) bond motifs is 1. The summed E-state index contributed by atoms with van der Waals surface area (Å²) in [7, 11) is 1.74. The van der Waals surface area contributed by atoms with Crippen molar-refractivity contribution in [2.24, 2.45) is 5.73 Å². The van der Waals surface area contributed by atoms with Gasteiger partial charge in [0.05, 0.1) is 0 Å². The van der Waals surface area contributed by atoms with Gasteiger partial charge >= 0.3 is 0 Å². The Kier molecular flexibility index (Phi) is 6.46. The van der Waals surface area contributed by atoms with E-state index in [2.05, 4.69) is 0 Å². The van der Waals surface area contributed by atoms with Crippen LogP contribution in [0.25, 0.3) is 10.8 Å². The SMILES string of the molecule is CC(CN)N(C)C(=O)COc1ccc2ccccc2c1.Cl. The van der Waals surface area contributed by atoms with Crippen molar-refractivity contribution >= 4 is 29.1 Å². The molecule has 0 aliphatic rings. The van der Waals surface area contributed by atoms with Crippen LogP contribution in [0.1, 0.15) is 6.92 Å². The van der Waals surface area contributed by atoms with Crippen LogP contribution in [0.5, 0.6) is 5.75 Å². The lowest BCUT2D eigenvalue weighted by molar-refractivity contribution is -0.133. The fourth-order valence-electron chi connectivity index (χ4n) is 1.91. The number of amides is 1. The molecule has 0 heterocycles. The molecule has 0 saturated heterocycles. The van der Waals surface area contributed by atoms with Crippen LogP contribution in [0.2, 0.25) is 0 Å². The third kappa shape index (κ3) is 4.34. The van der Waals surface area contributed by atoms with Gasteiger partial charge in [-0.15, -0.1) is 12.4 Å². The molecular formula is C16H21ClN2O2. The lowest BCUT2D eigenvalue weighted by atomic mass is 10.1. The Bertz CT molecular complexity index is 604. The highest BCUT2D eigenvalue weighted by molar-refractivity contribution is 5.85. The van der Waals surface area contributed by atoms with E-state index in [-0.39, 0.29) is 31.0 Å². The first-order valence-corrected chi connectivity index (χ1v) is 6.69. The van der Waals surface area contributed by atoms with E-state index in [1.54, 1.807) is 11.9 Å². The van der Waals surface area contributed by atoms with Crippen LogP contribution in [-0.4, -0.2) is 37.0 Å². The van der Waals surface area contributed by atoms with Crippen molar-refractivity contribution in [3.8, 4) is 5.75 Å². The average Bonchev–Trinajstić information content (AvgIpc) is 2.50. The van der Waals surface area contributed by atoms with Gasteiger partial charge in [0, 0.05) is 19.6 Å². The number of rotatable bonds is 5. The minimum absolute atomic E-state index is 0. The highest BCUT2D eigenvalue weighted by Gasteiger charge is 2.14. The predicted octanol–water partition coefficient (Wildman–Crippen LogP) is 2.45. The highest BCUT2D eigenvalue weighted by atomic mass is 35.5. The molecule has 0 bridgehead atoms. The molecule has 4 nitrogen and oxygen atoms in total. The van der Waals surface area contributed by atoms with E-state index in [1.807, 2.05) is 49.4 Å². The lowest BCUT2D eigenvalue weighted by Gasteiger charge is -2.23. The number of carbonyl (C=O) groups excluding carboxylic acids is 1. The summed E-state index contributed by atoms with van der Waals surface area (Å²) in [5.74, 6) is 0.627. The van der Waals surface area contributed by atoms with Crippen molar-refractivity contribution in [1.29, 1.82) is 0 Å². The summed E-state index contributed by atoms with van der Waals surface area (Å²) in [5, 5.41) is 2.25. The molecule has 21 heavy (non-hydrogen) atoms. The molecule has 2 rings (SSSR count). The summed E-state index contributed by atoms with van der Waals surface area (Å²) in [6, 6.07) is 13.9. The number of nitrogens with zero attached hydrogens (tertiary/aromatic N) is 1. The Labute approximate surface area is 131 Å². The Morgan fingerprint density at radius 3 is 2.57 bits per heavy atom. The minimum atomic E-state index is -0.0730. The number of ether oxygens (including phenoxy) is 1. The fraction of sp³-hybridized carbons (Fsp3) is 0.312. The van der Waals surface area contributed by atoms with Crippen LogP contribution in [0.3, 0.4) is 0 Å². The summed E-state index contributed by atoms with van der Waals surface area (Å²) in [6.07, 6.45) is 0. The number of carbonyl (C=O) groups is 1. The Morgan fingerprint density at radius 2 is 1.90 bits per heavy atom. The molecule has 0 aliphatic carbocycles. The zero-order valence-electron chi connectivity index (χ0n) is 12.3. The Morgan fingerprint density at radius 1 is 1.24 bits per heavy atom. The monoisotopic (exact) mass is 308 g/mol. The number of halogens is 1. The van der Waals surface area contributed by atoms with E-state index < -0.39 is 0 Å². The van der Waals surface area contributed by atoms with Crippen LogP contribution < -0.4 is 10.5 Å². The van der Waals surface area contributed by atoms with Crippen molar-refractivity contribution in [2.75, 3.05) is 20.2 Å². The number of benzene rings is 2. The smallest absolute Gasteiger partial charge is 0.260 e. The van der Waals surface area contributed by atoms with E-state index in [0.717, 1.165) is 10.8 Å². The van der Waals surface area contributed by atoms with E-state index >= 15 is 0 Å². The maximum Gasteiger partial charge on any atom is 0.260 e. The van der Waals surface area contributed by atoms with Crippen LogP contribution in [0, 0.1) is 0 Å².